The summed E-state index contributed by atoms with van der Waals surface area (Å²) in [6.45, 7) is 3.82. The van der Waals surface area contributed by atoms with Crippen LogP contribution in [0.2, 0.25) is 0 Å². The number of amides is 1. The SMILES string of the molecule is CCC(Oc1ccc2c(c1)CCCC2)C(=O)NC(C)c1ccc(F)cc1. The molecule has 2 aromatic carbocycles. The van der Waals surface area contributed by atoms with Crippen LogP contribution in [0, 0.1) is 5.82 Å². The van der Waals surface area contributed by atoms with Crippen molar-refractivity contribution < 1.29 is 13.9 Å². The number of ether oxygens (including phenoxy) is 1. The maximum atomic E-state index is 13.1. The van der Waals surface area contributed by atoms with Crippen molar-refractivity contribution in [3.05, 3.63) is 65.0 Å². The molecule has 0 heterocycles. The van der Waals surface area contributed by atoms with Gasteiger partial charge >= 0.3 is 0 Å². The lowest BCUT2D eigenvalue weighted by molar-refractivity contribution is -0.128. The average molecular weight is 355 g/mol. The molecule has 0 spiro atoms. The second-order valence-corrected chi connectivity index (χ2v) is 6.93. The standard InChI is InChI=1S/C22H26FNO2/c1-3-21(22(25)24-15(2)16-8-11-19(23)12-9-16)26-20-13-10-17-6-4-5-7-18(17)14-20/h8-15,21H,3-7H2,1-2H3,(H,24,25). The van der Waals surface area contributed by atoms with Crippen LogP contribution >= 0.6 is 0 Å². The molecule has 3 nitrogen and oxygen atoms in total. The highest BCUT2D eigenvalue weighted by molar-refractivity contribution is 5.81. The largest absolute Gasteiger partial charge is 0.481 e. The Morgan fingerprint density at radius 3 is 2.50 bits per heavy atom. The lowest BCUT2D eigenvalue weighted by Gasteiger charge is -2.22. The Labute approximate surface area is 154 Å². The molecule has 0 saturated carbocycles. The van der Waals surface area contributed by atoms with Crippen LogP contribution in [0.25, 0.3) is 0 Å². The van der Waals surface area contributed by atoms with Crippen molar-refractivity contribution in [2.75, 3.05) is 0 Å². The van der Waals surface area contributed by atoms with Gasteiger partial charge in [-0.25, -0.2) is 4.39 Å². The smallest absolute Gasteiger partial charge is 0.261 e. The van der Waals surface area contributed by atoms with Crippen molar-refractivity contribution in [3.8, 4) is 5.75 Å². The monoisotopic (exact) mass is 355 g/mol. The quantitative estimate of drug-likeness (QED) is 0.813. The maximum absolute atomic E-state index is 13.1. The van der Waals surface area contributed by atoms with Gasteiger partial charge in [0.05, 0.1) is 6.04 Å². The number of fused-ring (bicyclic) bond motifs is 1. The molecular formula is C22H26FNO2. The van der Waals surface area contributed by atoms with E-state index in [2.05, 4.69) is 17.4 Å². The highest BCUT2D eigenvalue weighted by atomic mass is 19.1. The molecule has 0 bridgehead atoms. The van der Waals surface area contributed by atoms with Gasteiger partial charge in [0, 0.05) is 0 Å². The number of hydrogen-bond acceptors (Lipinski definition) is 2. The molecule has 4 heteroatoms. The van der Waals surface area contributed by atoms with E-state index in [-0.39, 0.29) is 17.8 Å². The zero-order chi connectivity index (χ0) is 18.5. The van der Waals surface area contributed by atoms with Crippen LogP contribution in [0.3, 0.4) is 0 Å². The molecule has 3 rings (SSSR count). The van der Waals surface area contributed by atoms with Crippen LogP contribution in [0.1, 0.15) is 55.8 Å². The molecule has 1 amide bonds. The number of carbonyl (C=O) groups is 1. The van der Waals surface area contributed by atoms with E-state index in [9.17, 15) is 9.18 Å². The third-order valence-electron chi connectivity index (χ3n) is 4.99. The average Bonchev–Trinajstić information content (AvgIpc) is 2.66. The molecule has 26 heavy (non-hydrogen) atoms. The predicted molar refractivity (Wildman–Crippen MR) is 101 cm³/mol. The third kappa shape index (κ3) is 4.43. The fourth-order valence-electron chi connectivity index (χ4n) is 3.41. The number of nitrogens with one attached hydrogen (secondary N) is 1. The van der Waals surface area contributed by atoms with Crippen LogP contribution in [0.15, 0.2) is 42.5 Å². The van der Waals surface area contributed by atoms with E-state index in [1.54, 1.807) is 12.1 Å². The molecule has 1 N–H and O–H groups in total. The molecule has 2 aromatic rings. The van der Waals surface area contributed by atoms with E-state index >= 15 is 0 Å². The lowest BCUT2D eigenvalue weighted by Crippen LogP contribution is -2.39. The summed E-state index contributed by atoms with van der Waals surface area (Å²) < 4.78 is 19.0. The lowest BCUT2D eigenvalue weighted by atomic mass is 9.92. The summed E-state index contributed by atoms with van der Waals surface area (Å²) in [6.07, 6.45) is 4.70. The third-order valence-corrected chi connectivity index (χ3v) is 4.99. The molecule has 0 aromatic heterocycles. The highest BCUT2D eigenvalue weighted by Crippen LogP contribution is 2.26. The Balaban J connectivity index is 1.64. The van der Waals surface area contributed by atoms with Crippen LogP contribution in [-0.4, -0.2) is 12.0 Å². The molecule has 1 aliphatic carbocycles. The molecule has 0 aliphatic heterocycles. The van der Waals surface area contributed by atoms with E-state index in [1.165, 1.54) is 36.1 Å². The first kappa shape index (κ1) is 18.4. The van der Waals surface area contributed by atoms with Crippen molar-refractivity contribution in [2.24, 2.45) is 0 Å². The Bertz CT molecular complexity index is 757. The van der Waals surface area contributed by atoms with E-state index < -0.39 is 6.10 Å². The van der Waals surface area contributed by atoms with Crippen LogP contribution < -0.4 is 10.1 Å². The summed E-state index contributed by atoms with van der Waals surface area (Å²) in [7, 11) is 0. The van der Waals surface area contributed by atoms with E-state index in [0.717, 1.165) is 24.2 Å². The molecule has 1 aliphatic rings. The molecule has 2 atom stereocenters. The first-order valence-electron chi connectivity index (χ1n) is 9.41. The number of halogens is 1. The molecule has 0 radical (unpaired) electrons. The topological polar surface area (TPSA) is 38.3 Å². The predicted octanol–water partition coefficient (Wildman–Crippen LogP) is 4.74. The van der Waals surface area contributed by atoms with E-state index in [0.29, 0.717) is 6.42 Å². The van der Waals surface area contributed by atoms with E-state index in [1.807, 2.05) is 19.9 Å². The summed E-state index contributed by atoms with van der Waals surface area (Å²) in [4.78, 5) is 12.6. The number of hydrogen-bond donors (Lipinski definition) is 1. The molecule has 2 unspecified atom stereocenters. The number of carbonyl (C=O) groups excluding carboxylic acids is 1. The zero-order valence-corrected chi connectivity index (χ0v) is 15.4. The van der Waals surface area contributed by atoms with Gasteiger partial charge in [0.15, 0.2) is 6.10 Å². The maximum Gasteiger partial charge on any atom is 0.261 e. The Kier molecular flexibility index (Phi) is 5.92. The highest BCUT2D eigenvalue weighted by Gasteiger charge is 2.21. The van der Waals surface area contributed by atoms with Gasteiger partial charge in [-0.15, -0.1) is 0 Å². The van der Waals surface area contributed by atoms with Crippen LogP contribution in [-0.2, 0) is 17.6 Å². The van der Waals surface area contributed by atoms with Gasteiger partial charge in [0.2, 0.25) is 0 Å². The summed E-state index contributed by atoms with van der Waals surface area (Å²) >= 11 is 0. The first-order chi connectivity index (χ1) is 12.6. The van der Waals surface area contributed by atoms with Gasteiger partial charge in [-0.3, -0.25) is 4.79 Å². The molecule has 0 saturated heterocycles. The van der Waals surface area contributed by atoms with Crippen LogP contribution in [0.4, 0.5) is 4.39 Å². The summed E-state index contributed by atoms with van der Waals surface area (Å²) in [6, 6.07) is 12.1. The molecular weight excluding hydrogens is 329 g/mol. The first-order valence-corrected chi connectivity index (χ1v) is 9.41. The van der Waals surface area contributed by atoms with Crippen LogP contribution in [0.5, 0.6) is 5.75 Å². The van der Waals surface area contributed by atoms with Crippen molar-refractivity contribution in [2.45, 2.75) is 58.1 Å². The summed E-state index contributed by atoms with van der Waals surface area (Å²) in [5.41, 5.74) is 3.60. The van der Waals surface area contributed by atoms with Crippen molar-refractivity contribution >= 4 is 5.91 Å². The second kappa shape index (κ2) is 8.35. The van der Waals surface area contributed by atoms with Gasteiger partial charge in [-0.2, -0.15) is 0 Å². The minimum Gasteiger partial charge on any atom is -0.481 e. The van der Waals surface area contributed by atoms with Crippen molar-refractivity contribution in [1.29, 1.82) is 0 Å². The number of rotatable bonds is 6. The summed E-state index contributed by atoms with van der Waals surface area (Å²) in [5, 5.41) is 2.96. The fraction of sp³-hybridized carbons (Fsp3) is 0.409. The minimum atomic E-state index is -0.542. The Morgan fingerprint density at radius 1 is 1.12 bits per heavy atom. The van der Waals surface area contributed by atoms with Crippen molar-refractivity contribution in [1.82, 2.24) is 5.32 Å². The normalized spacial score (nSPS) is 15.7. The van der Waals surface area contributed by atoms with E-state index in [4.69, 9.17) is 4.74 Å². The zero-order valence-electron chi connectivity index (χ0n) is 15.4. The van der Waals surface area contributed by atoms with Crippen molar-refractivity contribution in [3.63, 3.8) is 0 Å². The van der Waals surface area contributed by atoms with Gasteiger partial charge in [-0.05, 0) is 80.0 Å². The van der Waals surface area contributed by atoms with Gasteiger partial charge in [0.25, 0.3) is 5.91 Å². The minimum absolute atomic E-state index is 0.151. The number of aryl methyl sites for hydroxylation is 2. The molecule has 138 valence electrons. The van der Waals surface area contributed by atoms with Gasteiger partial charge in [-0.1, -0.05) is 25.1 Å². The number of benzene rings is 2. The Hall–Kier alpha value is -2.36. The fourth-order valence-corrected chi connectivity index (χ4v) is 3.41. The van der Waals surface area contributed by atoms with Gasteiger partial charge < -0.3 is 10.1 Å². The second-order valence-electron chi connectivity index (χ2n) is 6.93. The van der Waals surface area contributed by atoms with Gasteiger partial charge in [0.1, 0.15) is 11.6 Å². The molecule has 0 fully saturated rings. The summed E-state index contributed by atoms with van der Waals surface area (Å²) in [5.74, 6) is 0.318. The Morgan fingerprint density at radius 2 is 1.81 bits per heavy atom.